The summed E-state index contributed by atoms with van der Waals surface area (Å²) in [6, 6.07) is 0. The van der Waals surface area contributed by atoms with Crippen LogP contribution in [-0.2, 0) is 23.9 Å². The summed E-state index contributed by atoms with van der Waals surface area (Å²) in [5.74, 6) is -5.83. The van der Waals surface area contributed by atoms with Gasteiger partial charge in [0.2, 0.25) is 0 Å². The second kappa shape index (κ2) is 6.00. The fourth-order valence-electron chi connectivity index (χ4n) is 0.877. The van der Waals surface area contributed by atoms with Crippen LogP contribution in [0, 0.1) is 0 Å². The van der Waals surface area contributed by atoms with Crippen molar-refractivity contribution in [3.05, 3.63) is 24.3 Å². The molecule has 0 spiro atoms. The van der Waals surface area contributed by atoms with Gasteiger partial charge in [-0.2, -0.15) is 0 Å². The van der Waals surface area contributed by atoms with Gasteiger partial charge in [0.25, 0.3) is 0 Å². The number of carbonyl (C=O) groups is 3. The Balaban J connectivity index is 5.23. The lowest BCUT2D eigenvalue weighted by Gasteiger charge is -2.27. The van der Waals surface area contributed by atoms with Crippen LogP contribution in [0.2, 0.25) is 0 Å². The molecule has 18 heavy (non-hydrogen) atoms. The van der Waals surface area contributed by atoms with Gasteiger partial charge in [0, 0.05) is 17.6 Å². The maximum Gasteiger partial charge on any atom is 0.390 e. The second-order valence-electron chi connectivity index (χ2n) is 3.75. The molecule has 1 N–H and O–H groups in total. The largest absolute Gasteiger partial charge is 0.475 e. The van der Waals surface area contributed by atoms with Gasteiger partial charge in [-0.05, 0) is 13.8 Å². The molecule has 0 fully saturated rings. The lowest BCUT2D eigenvalue weighted by molar-refractivity contribution is -0.233. The van der Waals surface area contributed by atoms with Gasteiger partial charge in [-0.3, -0.25) is 0 Å². The highest BCUT2D eigenvalue weighted by Crippen LogP contribution is 2.21. The van der Waals surface area contributed by atoms with Crippen LogP contribution in [0.1, 0.15) is 27.2 Å². The predicted molar refractivity (Wildman–Crippen MR) is 62.5 cm³/mol. The summed E-state index contributed by atoms with van der Waals surface area (Å²) in [5.41, 5.74) is 0.000831. The molecule has 0 saturated carbocycles. The van der Waals surface area contributed by atoms with E-state index in [-0.39, 0.29) is 17.6 Å². The Morgan fingerprint density at radius 3 is 1.56 bits per heavy atom. The van der Waals surface area contributed by atoms with Crippen LogP contribution in [0.5, 0.6) is 0 Å². The molecule has 0 aliphatic heterocycles. The molecule has 6 nitrogen and oxygen atoms in total. The highest BCUT2D eigenvalue weighted by Gasteiger charge is 2.45. The lowest BCUT2D eigenvalue weighted by atomic mass is 10.2. The first-order chi connectivity index (χ1) is 8.16. The molecule has 0 rings (SSSR count). The van der Waals surface area contributed by atoms with Gasteiger partial charge in [0.15, 0.2) is 0 Å². The van der Waals surface area contributed by atoms with E-state index in [9.17, 15) is 14.4 Å². The molecule has 0 aliphatic rings. The van der Waals surface area contributed by atoms with Crippen LogP contribution in [-0.4, -0.2) is 28.8 Å². The van der Waals surface area contributed by atoms with Gasteiger partial charge in [-0.15, -0.1) is 0 Å². The predicted octanol–water partition coefficient (Wildman–Crippen LogP) is 1.42. The minimum Gasteiger partial charge on any atom is -0.475 e. The Morgan fingerprint density at radius 2 is 1.39 bits per heavy atom. The molecule has 0 atom stereocenters. The first-order valence-electron chi connectivity index (χ1n) is 5.17. The molecule has 0 heterocycles. The number of rotatable bonds is 6. The van der Waals surface area contributed by atoms with Crippen LogP contribution in [0.15, 0.2) is 24.3 Å². The van der Waals surface area contributed by atoms with E-state index in [1.807, 2.05) is 0 Å². The van der Waals surface area contributed by atoms with Crippen molar-refractivity contribution in [1.29, 1.82) is 0 Å². The van der Waals surface area contributed by atoms with Gasteiger partial charge in [-0.25, -0.2) is 14.4 Å². The highest BCUT2D eigenvalue weighted by molar-refractivity contribution is 5.93. The number of esters is 2. The van der Waals surface area contributed by atoms with Crippen molar-refractivity contribution in [2.75, 3.05) is 0 Å². The molecule has 0 aromatic heterocycles. The van der Waals surface area contributed by atoms with Crippen LogP contribution in [0.4, 0.5) is 0 Å². The Kier molecular flexibility index (Phi) is 5.29. The normalized spacial score (nSPS) is 10.4. The van der Waals surface area contributed by atoms with Crippen molar-refractivity contribution in [1.82, 2.24) is 0 Å². The van der Waals surface area contributed by atoms with Gasteiger partial charge in [0.05, 0.1) is 0 Å². The van der Waals surface area contributed by atoms with Crippen LogP contribution in [0.3, 0.4) is 0 Å². The number of hydrogen-bond donors (Lipinski definition) is 1. The second-order valence-corrected chi connectivity index (χ2v) is 3.75. The summed E-state index contributed by atoms with van der Waals surface area (Å²) in [6.45, 7) is 10.8. The third-order valence-electron chi connectivity index (χ3n) is 2.00. The summed E-state index contributed by atoms with van der Waals surface area (Å²) in [5, 5.41) is 9.07. The topological polar surface area (TPSA) is 89.9 Å². The minimum absolute atomic E-state index is 0.000416. The van der Waals surface area contributed by atoms with Crippen molar-refractivity contribution in [3.63, 3.8) is 0 Å². The van der Waals surface area contributed by atoms with E-state index < -0.39 is 23.7 Å². The van der Waals surface area contributed by atoms with E-state index in [0.29, 0.717) is 0 Å². The number of hydrogen-bond acceptors (Lipinski definition) is 5. The first kappa shape index (κ1) is 15.9. The van der Waals surface area contributed by atoms with Crippen LogP contribution in [0.25, 0.3) is 0 Å². The molecule has 6 heteroatoms. The maximum atomic E-state index is 11.4. The fraction of sp³-hybridized carbons (Fsp3) is 0.417. The molecule has 0 amide bonds. The molecule has 0 radical (unpaired) electrons. The first-order valence-corrected chi connectivity index (χ1v) is 5.17. The lowest BCUT2D eigenvalue weighted by Crippen LogP contribution is -2.47. The Labute approximate surface area is 105 Å². The van der Waals surface area contributed by atoms with E-state index in [4.69, 9.17) is 14.6 Å². The van der Waals surface area contributed by atoms with Crippen molar-refractivity contribution < 1.29 is 29.0 Å². The van der Waals surface area contributed by atoms with E-state index in [0.717, 1.165) is 0 Å². The average molecular weight is 256 g/mol. The zero-order valence-electron chi connectivity index (χ0n) is 10.6. The SMILES string of the molecule is C=C(C)C(=O)OC(CC)(OC(=O)C(=C)C)C(=O)O. The zero-order chi connectivity index (χ0) is 14.5. The van der Waals surface area contributed by atoms with Crippen LogP contribution < -0.4 is 0 Å². The fourth-order valence-corrected chi connectivity index (χ4v) is 0.877. The van der Waals surface area contributed by atoms with Crippen LogP contribution >= 0.6 is 0 Å². The highest BCUT2D eigenvalue weighted by atomic mass is 16.7. The van der Waals surface area contributed by atoms with Gasteiger partial charge < -0.3 is 14.6 Å². The van der Waals surface area contributed by atoms with Crippen molar-refractivity contribution in [2.45, 2.75) is 33.0 Å². The monoisotopic (exact) mass is 256 g/mol. The minimum atomic E-state index is -2.36. The summed E-state index contributed by atoms with van der Waals surface area (Å²) >= 11 is 0. The molecular weight excluding hydrogens is 240 g/mol. The third kappa shape index (κ3) is 3.73. The van der Waals surface area contributed by atoms with E-state index >= 15 is 0 Å². The summed E-state index contributed by atoms with van der Waals surface area (Å²) in [6.07, 6.45) is -0.236. The van der Waals surface area contributed by atoms with Crippen molar-refractivity contribution in [3.8, 4) is 0 Å². The smallest absolute Gasteiger partial charge is 0.390 e. The maximum absolute atomic E-state index is 11.4. The van der Waals surface area contributed by atoms with E-state index in [1.165, 1.54) is 20.8 Å². The third-order valence-corrected chi connectivity index (χ3v) is 2.00. The quantitative estimate of drug-likeness (QED) is 0.439. The Morgan fingerprint density at radius 1 is 1.06 bits per heavy atom. The van der Waals surface area contributed by atoms with E-state index in [1.54, 1.807) is 0 Å². The standard InChI is InChI=1S/C12H16O6/c1-6-12(11(15)16,17-9(13)7(2)3)18-10(14)8(4)5/h2,4,6H2,1,3,5H3,(H,15,16). The molecule has 0 aromatic carbocycles. The zero-order valence-corrected chi connectivity index (χ0v) is 10.6. The number of ether oxygens (including phenoxy) is 2. The average Bonchev–Trinajstić information content (AvgIpc) is 2.26. The molecule has 0 unspecified atom stereocenters. The summed E-state index contributed by atoms with van der Waals surface area (Å²) < 4.78 is 9.42. The van der Waals surface area contributed by atoms with Gasteiger partial charge >= 0.3 is 23.7 Å². The number of carboxylic acid groups (broad SMARTS) is 1. The van der Waals surface area contributed by atoms with Gasteiger partial charge in [-0.1, -0.05) is 20.1 Å². The van der Waals surface area contributed by atoms with Crippen molar-refractivity contribution in [2.24, 2.45) is 0 Å². The molecule has 0 bridgehead atoms. The number of carboxylic acids is 1. The molecule has 0 aliphatic carbocycles. The molecule has 0 saturated heterocycles. The molecule has 100 valence electrons. The Hall–Kier alpha value is -2.11. The Bertz CT molecular complexity index is 379. The summed E-state index contributed by atoms with van der Waals surface area (Å²) in [7, 11) is 0. The number of aliphatic carboxylic acids is 1. The number of carbonyl (C=O) groups excluding carboxylic acids is 2. The summed E-state index contributed by atoms with van der Waals surface area (Å²) in [4.78, 5) is 33.9. The van der Waals surface area contributed by atoms with Gasteiger partial charge in [0.1, 0.15) is 0 Å². The van der Waals surface area contributed by atoms with E-state index in [2.05, 4.69) is 13.2 Å². The molecule has 0 aromatic rings. The molecular formula is C12H16O6. The van der Waals surface area contributed by atoms with Crippen molar-refractivity contribution >= 4 is 17.9 Å².